The predicted octanol–water partition coefficient (Wildman–Crippen LogP) is 3.09. The molecule has 0 N–H and O–H groups in total. The van der Waals surface area contributed by atoms with E-state index in [1.807, 2.05) is 43.3 Å². The monoisotopic (exact) mass is 387 g/mol. The third-order valence-electron chi connectivity index (χ3n) is 4.53. The van der Waals surface area contributed by atoms with Gasteiger partial charge in [0, 0.05) is 19.8 Å². The molecule has 7 heteroatoms. The zero-order valence-electron chi connectivity index (χ0n) is 15.4. The lowest BCUT2D eigenvalue weighted by Gasteiger charge is -2.20. The molecule has 0 saturated carbocycles. The quantitative estimate of drug-likeness (QED) is 0.431. The maximum Gasteiger partial charge on any atom is 0.321 e. The van der Waals surface area contributed by atoms with Crippen LogP contribution in [0.15, 0.2) is 41.8 Å². The number of rotatable bonds is 6. The van der Waals surface area contributed by atoms with Gasteiger partial charge in [0.15, 0.2) is 11.7 Å². The molecule has 0 aliphatic carbocycles. The van der Waals surface area contributed by atoms with E-state index >= 15 is 0 Å². The van der Waals surface area contributed by atoms with E-state index in [2.05, 4.69) is 0 Å². The highest BCUT2D eigenvalue weighted by atomic mass is 32.1. The summed E-state index contributed by atoms with van der Waals surface area (Å²) in [5.74, 6) is -3.91. The fourth-order valence-corrected chi connectivity index (χ4v) is 3.89. The molecule has 0 unspecified atom stereocenters. The third kappa shape index (κ3) is 3.73. The van der Waals surface area contributed by atoms with Crippen molar-refractivity contribution < 1.29 is 23.9 Å². The Bertz CT molecular complexity index is 829. The second-order valence-corrected chi connectivity index (χ2v) is 7.39. The van der Waals surface area contributed by atoms with E-state index in [0.29, 0.717) is 10.4 Å². The van der Waals surface area contributed by atoms with E-state index in [0.717, 1.165) is 5.69 Å². The van der Waals surface area contributed by atoms with Crippen molar-refractivity contribution in [2.75, 3.05) is 25.6 Å². The van der Waals surface area contributed by atoms with Crippen molar-refractivity contribution in [3.63, 3.8) is 0 Å². The Balaban J connectivity index is 1.99. The summed E-state index contributed by atoms with van der Waals surface area (Å²) in [5, 5.41) is 1.78. The number of ether oxygens (including phenoxy) is 2. The van der Waals surface area contributed by atoms with Crippen LogP contribution in [0.1, 0.15) is 28.3 Å². The van der Waals surface area contributed by atoms with Gasteiger partial charge in [-0.2, -0.15) is 0 Å². The Morgan fingerprint density at radius 1 is 1.19 bits per heavy atom. The van der Waals surface area contributed by atoms with Gasteiger partial charge < -0.3 is 14.4 Å². The Kier molecular flexibility index (Phi) is 5.60. The Labute approximate surface area is 161 Å². The lowest BCUT2D eigenvalue weighted by molar-refractivity contribution is -0.156. The summed E-state index contributed by atoms with van der Waals surface area (Å²) in [6.07, 6.45) is -0.822. The van der Waals surface area contributed by atoms with Crippen LogP contribution in [0.3, 0.4) is 0 Å². The van der Waals surface area contributed by atoms with Crippen LogP contribution in [-0.4, -0.2) is 38.4 Å². The maximum absolute atomic E-state index is 13.1. The van der Waals surface area contributed by atoms with E-state index in [9.17, 15) is 14.4 Å². The van der Waals surface area contributed by atoms with Gasteiger partial charge in [0.2, 0.25) is 0 Å². The van der Waals surface area contributed by atoms with E-state index < -0.39 is 29.9 Å². The molecule has 0 bridgehead atoms. The smallest absolute Gasteiger partial charge is 0.321 e. The van der Waals surface area contributed by atoms with E-state index in [1.54, 1.807) is 24.4 Å². The van der Waals surface area contributed by atoms with Crippen LogP contribution in [-0.2, 0) is 19.1 Å². The highest BCUT2D eigenvalue weighted by Gasteiger charge is 2.54. The summed E-state index contributed by atoms with van der Waals surface area (Å²) in [6.45, 7) is 1.79. The number of hydrogen-bond donors (Lipinski definition) is 0. The minimum absolute atomic E-state index is 0.130. The molecular weight excluding hydrogens is 366 g/mol. The van der Waals surface area contributed by atoms with Crippen molar-refractivity contribution in [1.82, 2.24) is 0 Å². The normalized spacial score (nSPS) is 21.6. The number of carbonyl (C=O) groups is 3. The molecular formula is C20H21NO5S. The van der Waals surface area contributed by atoms with E-state index in [1.165, 1.54) is 11.3 Å². The van der Waals surface area contributed by atoms with Gasteiger partial charge in [0.25, 0.3) is 0 Å². The number of thiophene rings is 1. The maximum atomic E-state index is 13.1. The number of carbonyl (C=O) groups excluding carboxylic acids is 3. The molecule has 3 rings (SSSR count). The molecule has 0 spiro atoms. The number of esters is 2. The van der Waals surface area contributed by atoms with Crippen molar-refractivity contribution >= 4 is 34.7 Å². The van der Waals surface area contributed by atoms with Crippen LogP contribution < -0.4 is 4.90 Å². The Hall–Kier alpha value is -2.67. The number of anilines is 1. The minimum Gasteiger partial charge on any atom is -0.465 e. The standard InChI is InChI=1S/C20H21NO5S/c1-4-25-19(23)16-15(17(22)14-6-5-11-27-14)18(26-20(16)24)12-7-9-13(10-8-12)21(2)3/h5-11,15-16,18H,4H2,1-3H3/t15-,16-,18+/m1/s1. The van der Waals surface area contributed by atoms with Crippen LogP contribution in [0.4, 0.5) is 5.69 Å². The molecule has 1 aliphatic rings. The molecule has 2 heterocycles. The van der Waals surface area contributed by atoms with Gasteiger partial charge in [-0.25, -0.2) is 0 Å². The van der Waals surface area contributed by atoms with Gasteiger partial charge in [-0.05, 0) is 36.1 Å². The van der Waals surface area contributed by atoms with Crippen LogP contribution in [0.2, 0.25) is 0 Å². The molecule has 1 aromatic carbocycles. The number of Topliss-reactive ketones (excluding diaryl/α,β-unsaturated/α-hetero) is 1. The Morgan fingerprint density at radius 2 is 1.89 bits per heavy atom. The molecule has 27 heavy (non-hydrogen) atoms. The van der Waals surface area contributed by atoms with Crippen LogP contribution in [0.5, 0.6) is 0 Å². The van der Waals surface area contributed by atoms with Crippen molar-refractivity contribution in [3.8, 4) is 0 Å². The molecule has 1 fully saturated rings. The van der Waals surface area contributed by atoms with Crippen molar-refractivity contribution in [2.24, 2.45) is 11.8 Å². The zero-order valence-corrected chi connectivity index (χ0v) is 16.2. The van der Waals surface area contributed by atoms with Gasteiger partial charge in [-0.1, -0.05) is 18.2 Å². The lowest BCUT2D eigenvalue weighted by atomic mass is 9.83. The van der Waals surface area contributed by atoms with Gasteiger partial charge in [0.05, 0.1) is 17.4 Å². The second-order valence-electron chi connectivity index (χ2n) is 6.44. The number of cyclic esters (lactones) is 1. The molecule has 1 aliphatic heterocycles. The first-order valence-electron chi connectivity index (χ1n) is 8.66. The molecule has 142 valence electrons. The van der Waals surface area contributed by atoms with Crippen molar-refractivity contribution in [3.05, 3.63) is 52.2 Å². The number of nitrogens with zero attached hydrogens (tertiary/aromatic N) is 1. The molecule has 3 atom stereocenters. The first kappa shape index (κ1) is 19.1. The summed E-state index contributed by atoms with van der Waals surface area (Å²) in [6, 6.07) is 10.8. The van der Waals surface area contributed by atoms with Crippen LogP contribution in [0, 0.1) is 11.8 Å². The summed E-state index contributed by atoms with van der Waals surface area (Å²) in [4.78, 5) is 40.4. The van der Waals surface area contributed by atoms with Gasteiger partial charge in [-0.15, -0.1) is 11.3 Å². The third-order valence-corrected chi connectivity index (χ3v) is 5.41. The second kappa shape index (κ2) is 7.92. The summed E-state index contributed by atoms with van der Waals surface area (Å²) in [7, 11) is 3.84. The van der Waals surface area contributed by atoms with E-state index in [4.69, 9.17) is 9.47 Å². The summed E-state index contributed by atoms with van der Waals surface area (Å²) in [5.41, 5.74) is 1.65. The number of benzene rings is 1. The molecule has 6 nitrogen and oxygen atoms in total. The average molecular weight is 387 g/mol. The SMILES string of the molecule is CCOC(=O)[C@@H]1C(=O)O[C@@H](c2ccc(N(C)C)cc2)[C@H]1C(=O)c1cccs1. The van der Waals surface area contributed by atoms with Crippen LogP contribution >= 0.6 is 11.3 Å². The van der Waals surface area contributed by atoms with Gasteiger partial charge >= 0.3 is 11.9 Å². The van der Waals surface area contributed by atoms with E-state index in [-0.39, 0.29) is 12.4 Å². The molecule has 2 aromatic rings. The summed E-state index contributed by atoms with van der Waals surface area (Å²) >= 11 is 1.27. The molecule has 0 radical (unpaired) electrons. The largest absolute Gasteiger partial charge is 0.465 e. The first-order chi connectivity index (χ1) is 12.9. The van der Waals surface area contributed by atoms with Crippen molar-refractivity contribution in [2.45, 2.75) is 13.0 Å². The first-order valence-corrected chi connectivity index (χ1v) is 9.54. The molecule has 0 amide bonds. The number of hydrogen-bond acceptors (Lipinski definition) is 7. The van der Waals surface area contributed by atoms with Gasteiger partial charge in [0.1, 0.15) is 6.10 Å². The molecule has 1 aromatic heterocycles. The number of ketones is 1. The highest BCUT2D eigenvalue weighted by molar-refractivity contribution is 7.12. The Morgan fingerprint density at radius 3 is 2.44 bits per heavy atom. The minimum atomic E-state index is -1.25. The molecule has 1 saturated heterocycles. The average Bonchev–Trinajstić information content (AvgIpc) is 3.29. The highest BCUT2D eigenvalue weighted by Crippen LogP contribution is 2.42. The van der Waals surface area contributed by atoms with Gasteiger partial charge in [-0.3, -0.25) is 14.4 Å². The predicted molar refractivity (Wildman–Crippen MR) is 102 cm³/mol. The fourth-order valence-electron chi connectivity index (χ4n) is 3.18. The fraction of sp³-hybridized carbons (Fsp3) is 0.350. The zero-order chi connectivity index (χ0) is 19.6. The lowest BCUT2D eigenvalue weighted by Crippen LogP contribution is -2.33. The summed E-state index contributed by atoms with van der Waals surface area (Å²) < 4.78 is 10.5. The van der Waals surface area contributed by atoms with Crippen LogP contribution in [0.25, 0.3) is 0 Å². The topological polar surface area (TPSA) is 72.9 Å². The van der Waals surface area contributed by atoms with Crippen molar-refractivity contribution in [1.29, 1.82) is 0 Å².